The van der Waals surface area contributed by atoms with Crippen molar-refractivity contribution in [2.75, 3.05) is 27.2 Å². The van der Waals surface area contributed by atoms with Crippen LogP contribution in [0.25, 0.3) is 0 Å². The second-order valence-corrected chi connectivity index (χ2v) is 16.0. The molecule has 1 aromatic heterocycles. The van der Waals surface area contributed by atoms with Crippen LogP contribution in [-0.2, 0) is 23.9 Å². The van der Waals surface area contributed by atoms with Gasteiger partial charge in [0.05, 0.1) is 11.8 Å². The van der Waals surface area contributed by atoms with Crippen LogP contribution < -0.4 is 21.4 Å². The van der Waals surface area contributed by atoms with Crippen LogP contribution in [0.1, 0.15) is 134 Å². The number of unbranched alkanes of at least 4 members (excludes halogenated alkanes) is 2. The number of esters is 1. The summed E-state index contributed by atoms with van der Waals surface area (Å²) < 4.78 is 5.76. The molecule has 5 N–H and O–H groups in total. The lowest BCUT2D eigenvalue weighted by molar-refractivity contribution is -0.149. The van der Waals surface area contributed by atoms with Crippen LogP contribution in [0.5, 0.6) is 0 Å². The lowest BCUT2D eigenvalue weighted by atomic mass is 9.89. The van der Waals surface area contributed by atoms with Crippen LogP contribution >= 0.6 is 11.3 Å². The third-order valence-corrected chi connectivity index (χ3v) is 10.6. The lowest BCUT2D eigenvalue weighted by Crippen LogP contribution is -2.51. The number of aromatic nitrogens is 1. The van der Waals surface area contributed by atoms with Gasteiger partial charge in [0.25, 0.3) is 5.91 Å². The summed E-state index contributed by atoms with van der Waals surface area (Å²) >= 11 is 1.18. The zero-order chi connectivity index (χ0) is 41.1. The standard InChI is InChI=1S/C40H65N7O7S/c1-10-17-30(43-34(50)20-15-12-16-22-41-8)38(52)47(9)32(26(2)3)24-33(54-28(5)49)37-44-31(25-55-37)36(51)42-27(4)35(29-18-13-11-14-19-29)45-46-39(53)40(6,7)21-23-48/h13,18-19,25-27,30,32-33,41,48H,10-12,14-17,20-24H2,1-9H3,(H,42,51)(H,43,50)(H,46,53)/t27-,30+,32-,33-/m1/s1. The molecule has 0 fully saturated rings. The second kappa shape index (κ2) is 23.9. The van der Waals surface area contributed by atoms with Gasteiger partial charge in [-0.1, -0.05) is 65.7 Å². The molecule has 0 saturated heterocycles. The highest BCUT2D eigenvalue weighted by molar-refractivity contribution is 7.09. The number of allylic oxidation sites excluding steroid dienone is 3. The van der Waals surface area contributed by atoms with E-state index in [0.717, 1.165) is 44.2 Å². The minimum absolute atomic E-state index is 0.0451. The first kappa shape index (κ1) is 47.2. The van der Waals surface area contributed by atoms with E-state index in [4.69, 9.17) is 4.74 Å². The van der Waals surface area contributed by atoms with E-state index < -0.39 is 35.5 Å². The van der Waals surface area contributed by atoms with E-state index in [0.29, 0.717) is 30.0 Å². The third kappa shape index (κ3) is 15.6. The molecular formula is C40H65N7O7S. The summed E-state index contributed by atoms with van der Waals surface area (Å²) in [7, 11) is 3.60. The predicted molar refractivity (Wildman–Crippen MR) is 216 cm³/mol. The van der Waals surface area contributed by atoms with Gasteiger partial charge in [-0.15, -0.1) is 11.3 Å². The van der Waals surface area contributed by atoms with Gasteiger partial charge in [0, 0.05) is 50.3 Å². The Balaban J connectivity index is 2.26. The number of hydrazone groups is 1. The van der Waals surface area contributed by atoms with Gasteiger partial charge in [0.2, 0.25) is 17.7 Å². The summed E-state index contributed by atoms with van der Waals surface area (Å²) in [5, 5.41) is 24.8. The minimum atomic E-state index is -0.850. The van der Waals surface area contributed by atoms with E-state index in [9.17, 15) is 29.1 Å². The normalized spacial score (nSPS) is 15.4. The largest absolute Gasteiger partial charge is 0.455 e. The van der Waals surface area contributed by atoms with E-state index in [1.54, 1.807) is 38.1 Å². The van der Waals surface area contributed by atoms with Gasteiger partial charge in [-0.05, 0) is 70.5 Å². The molecular weight excluding hydrogens is 723 g/mol. The van der Waals surface area contributed by atoms with Crippen molar-refractivity contribution in [3.8, 4) is 0 Å². The highest BCUT2D eigenvalue weighted by Gasteiger charge is 2.34. The number of likely N-dealkylation sites (N-methyl/N-ethyl adjacent to an activating group) is 1. The molecule has 1 heterocycles. The summed E-state index contributed by atoms with van der Waals surface area (Å²) in [4.78, 5) is 71.7. The Labute approximate surface area is 331 Å². The SMILES string of the molecule is CCC[C@H](NC(=O)CCCCCNC)C(=O)N(C)[C@H](C[C@@H](OC(C)=O)c1nc(C(=O)N[C@H](C)C(=NNC(=O)C(C)(C)CCO)C2=CCCC=C2)cs1)C(C)C. The van der Waals surface area contributed by atoms with Crippen molar-refractivity contribution in [1.82, 2.24) is 31.3 Å². The lowest BCUT2D eigenvalue weighted by Gasteiger charge is -2.35. The molecule has 0 aromatic carbocycles. The number of aliphatic hydroxyl groups excluding tert-OH is 1. The maximum Gasteiger partial charge on any atom is 0.303 e. The Morgan fingerprint density at radius 1 is 1.09 bits per heavy atom. The van der Waals surface area contributed by atoms with Crippen molar-refractivity contribution >= 4 is 46.6 Å². The number of hydrogen-bond donors (Lipinski definition) is 5. The second-order valence-electron chi connectivity index (χ2n) is 15.1. The Morgan fingerprint density at radius 3 is 2.42 bits per heavy atom. The minimum Gasteiger partial charge on any atom is -0.455 e. The van der Waals surface area contributed by atoms with Crippen molar-refractivity contribution in [2.24, 2.45) is 16.4 Å². The number of nitrogens with zero attached hydrogens (tertiary/aromatic N) is 3. The molecule has 2 rings (SSSR count). The number of thiazole rings is 1. The molecule has 15 heteroatoms. The Hall–Kier alpha value is -3.95. The van der Waals surface area contributed by atoms with Gasteiger partial charge in [0.15, 0.2) is 6.10 Å². The fourth-order valence-electron chi connectivity index (χ4n) is 6.23. The fourth-order valence-corrected chi connectivity index (χ4v) is 7.07. The number of carbonyl (C=O) groups excluding carboxylic acids is 5. The number of amides is 4. The monoisotopic (exact) mass is 787 g/mol. The number of carbonyl (C=O) groups is 5. The van der Waals surface area contributed by atoms with E-state index >= 15 is 0 Å². The zero-order valence-electron chi connectivity index (χ0n) is 34.3. The quantitative estimate of drug-likeness (QED) is 0.0417. The summed E-state index contributed by atoms with van der Waals surface area (Å²) in [6.45, 7) is 13.2. The maximum atomic E-state index is 13.9. The summed E-state index contributed by atoms with van der Waals surface area (Å²) in [5.74, 6) is -1.78. The van der Waals surface area contributed by atoms with Crippen molar-refractivity contribution in [3.63, 3.8) is 0 Å². The van der Waals surface area contributed by atoms with Crippen molar-refractivity contribution in [1.29, 1.82) is 0 Å². The maximum absolute atomic E-state index is 13.9. The number of rotatable bonds is 24. The number of nitrogens with one attached hydrogen (secondary N) is 4. The Bertz CT molecular complexity index is 1520. The molecule has 0 aliphatic heterocycles. The van der Waals surface area contributed by atoms with E-state index in [-0.39, 0.29) is 54.8 Å². The molecule has 55 heavy (non-hydrogen) atoms. The summed E-state index contributed by atoms with van der Waals surface area (Å²) in [5.41, 5.74) is 3.11. The van der Waals surface area contributed by atoms with Gasteiger partial charge < -0.3 is 30.7 Å². The van der Waals surface area contributed by atoms with Crippen LogP contribution in [0.2, 0.25) is 0 Å². The van der Waals surface area contributed by atoms with Gasteiger partial charge in [-0.3, -0.25) is 24.0 Å². The molecule has 0 spiro atoms. The first-order chi connectivity index (χ1) is 26.1. The zero-order valence-corrected chi connectivity index (χ0v) is 35.1. The van der Waals surface area contributed by atoms with Crippen LogP contribution in [0, 0.1) is 11.3 Å². The van der Waals surface area contributed by atoms with Crippen LogP contribution in [-0.4, -0.2) is 95.7 Å². The Morgan fingerprint density at radius 2 is 1.82 bits per heavy atom. The number of ether oxygens (including phenoxy) is 1. The molecule has 0 radical (unpaired) electrons. The molecule has 4 atom stereocenters. The van der Waals surface area contributed by atoms with E-state index in [1.807, 2.05) is 46.0 Å². The molecule has 0 bridgehead atoms. The van der Waals surface area contributed by atoms with Crippen LogP contribution in [0.4, 0.5) is 0 Å². The summed E-state index contributed by atoms with van der Waals surface area (Å²) in [6, 6.07) is -1.69. The van der Waals surface area contributed by atoms with Crippen LogP contribution in [0.3, 0.4) is 0 Å². The van der Waals surface area contributed by atoms with E-state index in [1.165, 1.54) is 18.3 Å². The summed E-state index contributed by atoms with van der Waals surface area (Å²) in [6.07, 6.45) is 11.4. The predicted octanol–water partition coefficient (Wildman–Crippen LogP) is 4.96. The third-order valence-electron chi connectivity index (χ3n) is 9.63. The number of hydrogen-bond acceptors (Lipinski definition) is 11. The van der Waals surface area contributed by atoms with Gasteiger partial charge >= 0.3 is 5.97 Å². The van der Waals surface area contributed by atoms with Crippen molar-refractivity contribution in [2.45, 2.75) is 137 Å². The van der Waals surface area contributed by atoms with Gasteiger partial charge in [-0.25, -0.2) is 10.4 Å². The topological polar surface area (TPSA) is 191 Å². The Kier molecular flexibility index (Phi) is 20.5. The van der Waals surface area contributed by atoms with Crippen LogP contribution in [0.15, 0.2) is 34.3 Å². The molecule has 308 valence electrons. The molecule has 0 unspecified atom stereocenters. The first-order valence-electron chi connectivity index (χ1n) is 19.6. The first-order valence-corrected chi connectivity index (χ1v) is 20.4. The molecule has 1 aliphatic carbocycles. The highest BCUT2D eigenvalue weighted by Crippen LogP contribution is 2.31. The average Bonchev–Trinajstić information content (AvgIpc) is 3.63. The van der Waals surface area contributed by atoms with Crippen molar-refractivity contribution < 1.29 is 33.8 Å². The average molecular weight is 788 g/mol. The molecule has 1 aromatic rings. The van der Waals surface area contributed by atoms with Gasteiger partial charge in [0.1, 0.15) is 16.7 Å². The number of aliphatic hydroxyl groups is 1. The highest BCUT2D eigenvalue weighted by atomic mass is 32.1. The fraction of sp³-hybridized carbons (Fsp3) is 0.675. The smallest absolute Gasteiger partial charge is 0.303 e. The molecule has 4 amide bonds. The van der Waals surface area contributed by atoms with Gasteiger partial charge in [-0.2, -0.15) is 5.10 Å². The van der Waals surface area contributed by atoms with Crippen molar-refractivity contribution in [3.05, 3.63) is 39.9 Å². The molecule has 0 saturated carbocycles. The van der Waals surface area contributed by atoms with E-state index in [2.05, 4.69) is 31.5 Å². The molecule has 1 aliphatic rings. The molecule has 14 nitrogen and oxygen atoms in total.